The zero-order valence-electron chi connectivity index (χ0n) is 15.1. The highest BCUT2D eigenvalue weighted by Gasteiger charge is 2.32. The Labute approximate surface area is 168 Å². The average molecular weight is 423 g/mol. The lowest BCUT2D eigenvalue weighted by Gasteiger charge is -2.10. The third-order valence-electron chi connectivity index (χ3n) is 3.84. The molecule has 2 aromatic rings. The predicted molar refractivity (Wildman–Crippen MR) is 103 cm³/mol. The molecule has 2 aromatic carbocycles. The summed E-state index contributed by atoms with van der Waals surface area (Å²) in [5.74, 6) is -0.581. The number of aliphatic imine (C=N–C) groups is 1. The molecule has 1 atom stereocenters. The monoisotopic (exact) mass is 423 g/mol. The highest BCUT2D eigenvalue weighted by Crippen LogP contribution is 2.31. The smallest absolute Gasteiger partial charge is 0.410 e. The van der Waals surface area contributed by atoms with E-state index in [1.165, 1.54) is 6.07 Å². The first-order valence-corrected chi connectivity index (χ1v) is 9.34. The summed E-state index contributed by atoms with van der Waals surface area (Å²) in [5.41, 5.74) is 0.833. The van der Waals surface area contributed by atoms with Crippen LogP contribution in [0.25, 0.3) is 0 Å². The summed E-state index contributed by atoms with van der Waals surface area (Å²) in [7, 11) is 0. The van der Waals surface area contributed by atoms with E-state index in [1.54, 1.807) is 0 Å². The summed E-state index contributed by atoms with van der Waals surface area (Å²) in [6.07, 6.45) is -5.50. The number of halogens is 3. The minimum absolute atomic E-state index is 0.0682. The largest absolute Gasteiger partial charge is 0.416 e. The van der Waals surface area contributed by atoms with Crippen LogP contribution >= 0.6 is 11.8 Å². The van der Waals surface area contributed by atoms with Crippen LogP contribution in [0, 0.1) is 6.92 Å². The van der Waals surface area contributed by atoms with E-state index in [0.717, 1.165) is 35.5 Å². The zero-order valence-corrected chi connectivity index (χ0v) is 15.9. The van der Waals surface area contributed by atoms with Gasteiger partial charge in [-0.1, -0.05) is 35.5 Å². The zero-order chi connectivity index (χ0) is 21.0. The lowest BCUT2D eigenvalue weighted by Crippen LogP contribution is -2.37. The highest BCUT2D eigenvalue weighted by molar-refractivity contribution is 8.15. The van der Waals surface area contributed by atoms with Gasteiger partial charge in [0.25, 0.3) is 0 Å². The second kappa shape index (κ2) is 8.56. The number of hydrogen-bond donors (Lipinski definition) is 2. The summed E-state index contributed by atoms with van der Waals surface area (Å²) in [6.45, 7) is 1.88. The Morgan fingerprint density at radius 3 is 2.66 bits per heavy atom. The summed E-state index contributed by atoms with van der Waals surface area (Å²) in [5, 5.41) is 4.76. The maximum Gasteiger partial charge on any atom is 0.416 e. The number of nitrogens with one attached hydrogen (secondary N) is 2. The standard InChI is InChI=1S/C19H16F3N3O3S/c1-11-5-7-13(8-6-11)24-17-25-16(26)15(29-17)10-23-18(27)28-14-4-2-3-12(9-14)19(20,21)22/h2-9,15H,10H2,1H3,(H,23,27)(H,24,25,26). The van der Waals surface area contributed by atoms with Gasteiger partial charge in [0.2, 0.25) is 5.91 Å². The summed E-state index contributed by atoms with van der Waals surface area (Å²) in [4.78, 5) is 28.2. The van der Waals surface area contributed by atoms with Crippen molar-refractivity contribution in [3.63, 3.8) is 0 Å². The highest BCUT2D eigenvalue weighted by atomic mass is 32.2. The van der Waals surface area contributed by atoms with Gasteiger partial charge in [-0.2, -0.15) is 13.2 Å². The number of ether oxygens (including phenoxy) is 1. The van der Waals surface area contributed by atoms with Crippen LogP contribution in [0.5, 0.6) is 5.75 Å². The van der Waals surface area contributed by atoms with Gasteiger partial charge in [-0.05, 0) is 37.3 Å². The molecule has 152 valence electrons. The topological polar surface area (TPSA) is 79.8 Å². The minimum Gasteiger partial charge on any atom is -0.410 e. The van der Waals surface area contributed by atoms with Crippen LogP contribution in [0.2, 0.25) is 0 Å². The van der Waals surface area contributed by atoms with Gasteiger partial charge in [0.1, 0.15) is 11.0 Å². The number of hydrogen-bond acceptors (Lipinski definition) is 5. The molecule has 0 saturated carbocycles. The molecule has 0 spiro atoms. The van der Waals surface area contributed by atoms with Gasteiger partial charge >= 0.3 is 12.3 Å². The van der Waals surface area contributed by atoms with Crippen molar-refractivity contribution in [2.45, 2.75) is 18.3 Å². The van der Waals surface area contributed by atoms with Gasteiger partial charge in [-0.15, -0.1) is 0 Å². The number of carbonyl (C=O) groups excluding carboxylic acids is 2. The van der Waals surface area contributed by atoms with Crippen LogP contribution in [-0.2, 0) is 11.0 Å². The number of nitrogens with zero attached hydrogens (tertiary/aromatic N) is 1. The number of amides is 2. The van der Waals surface area contributed by atoms with E-state index >= 15 is 0 Å². The maximum absolute atomic E-state index is 12.7. The predicted octanol–water partition coefficient (Wildman–Crippen LogP) is 4.02. The first-order chi connectivity index (χ1) is 13.7. The maximum atomic E-state index is 12.7. The van der Waals surface area contributed by atoms with Crippen molar-refractivity contribution in [1.82, 2.24) is 10.6 Å². The van der Waals surface area contributed by atoms with E-state index in [-0.39, 0.29) is 18.2 Å². The molecule has 2 N–H and O–H groups in total. The second-order valence-corrected chi connectivity index (χ2v) is 7.34. The van der Waals surface area contributed by atoms with Crippen LogP contribution in [0.4, 0.5) is 23.7 Å². The fourth-order valence-corrected chi connectivity index (χ4v) is 3.30. The van der Waals surface area contributed by atoms with E-state index in [9.17, 15) is 22.8 Å². The molecule has 1 unspecified atom stereocenters. The van der Waals surface area contributed by atoms with Crippen molar-refractivity contribution >= 4 is 34.6 Å². The number of alkyl halides is 3. The molecule has 1 saturated heterocycles. The Morgan fingerprint density at radius 2 is 1.97 bits per heavy atom. The molecule has 0 bridgehead atoms. The van der Waals surface area contributed by atoms with Gasteiger partial charge < -0.3 is 15.4 Å². The minimum atomic E-state index is -4.54. The molecule has 3 rings (SSSR count). The van der Waals surface area contributed by atoms with Crippen molar-refractivity contribution in [3.8, 4) is 5.75 Å². The fraction of sp³-hybridized carbons (Fsp3) is 0.211. The van der Waals surface area contributed by atoms with Crippen molar-refractivity contribution in [3.05, 3.63) is 59.7 Å². The van der Waals surface area contributed by atoms with E-state index < -0.39 is 23.1 Å². The van der Waals surface area contributed by atoms with E-state index in [1.807, 2.05) is 31.2 Å². The molecule has 29 heavy (non-hydrogen) atoms. The van der Waals surface area contributed by atoms with Crippen molar-refractivity contribution in [2.24, 2.45) is 4.99 Å². The SMILES string of the molecule is Cc1ccc(N=C2NC(=O)C(CNC(=O)Oc3cccc(C(F)(F)F)c3)S2)cc1. The van der Waals surface area contributed by atoms with Gasteiger partial charge in [0.15, 0.2) is 5.17 Å². The number of thioether (sulfide) groups is 1. The number of carbonyl (C=O) groups is 2. The molecule has 10 heteroatoms. The van der Waals surface area contributed by atoms with E-state index in [0.29, 0.717) is 10.9 Å². The van der Waals surface area contributed by atoms with E-state index in [4.69, 9.17) is 4.74 Å². The first kappa shape index (κ1) is 20.7. The number of aryl methyl sites for hydroxylation is 1. The lowest BCUT2D eigenvalue weighted by molar-refractivity contribution is -0.137. The molecule has 1 fully saturated rings. The lowest BCUT2D eigenvalue weighted by atomic mass is 10.2. The number of rotatable bonds is 4. The Kier molecular flexibility index (Phi) is 6.12. The third kappa shape index (κ3) is 5.74. The molecule has 1 aliphatic heterocycles. The third-order valence-corrected chi connectivity index (χ3v) is 4.93. The van der Waals surface area contributed by atoms with Crippen molar-refractivity contribution in [2.75, 3.05) is 6.54 Å². The number of benzene rings is 2. The van der Waals surface area contributed by atoms with Crippen LogP contribution in [-0.4, -0.2) is 29.0 Å². The fourth-order valence-electron chi connectivity index (χ4n) is 2.38. The van der Waals surface area contributed by atoms with Crippen LogP contribution < -0.4 is 15.4 Å². The second-order valence-electron chi connectivity index (χ2n) is 6.14. The molecular formula is C19H16F3N3O3S. The van der Waals surface area contributed by atoms with Gasteiger partial charge in [0, 0.05) is 6.54 Å². The summed E-state index contributed by atoms with van der Waals surface area (Å²) in [6, 6.07) is 11.4. The van der Waals surface area contributed by atoms with Crippen molar-refractivity contribution in [1.29, 1.82) is 0 Å². The van der Waals surface area contributed by atoms with Crippen molar-refractivity contribution < 1.29 is 27.5 Å². The molecule has 0 aromatic heterocycles. The first-order valence-electron chi connectivity index (χ1n) is 8.46. The molecule has 1 aliphatic rings. The molecule has 6 nitrogen and oxygen atoms in total. The molecule has 2 amide bonds. The average Bonchev–Trinajstić information content (AvgIpc) is 3.01. The molecule has 0 aliphatic carbocycles. The molecular weight excluding hydrogens is 407 g/mol. The summed E-state index contributed by atoms with van der Waals surface area (Å²) < 4.78 is 43.0. The summed E-state index contributed by atoms with van der Waals surface area (Å²) >= 11 is 1.14. The van der Waals surface area contributed by atoms with Crippen LogP contribution in [0.3, 0.4) is 0 Å². The molecule has 0 radical (unpaired) electrons. The Hall–Kier alpha value is -3.01. The van der Waals surface area contributed by atoms with Gasteiger partial charge in [-0.25, -0.2) is 9.79 Å². The van der Waals surface area contributed by atoms with Gasteiger partial charge in [-0.3, -0.25) is 4.79 Å². The normalized spacial score (nSPS) is 17.9. The Bertz CT molecular complexity index is 946. The number of amidine groups is 1. The molecule has 1 heterocycles. The van der Waals surface area contributed by atoms with Gasteiger partial charge in [0.05, 0.1) is 11.3 Å². The quantitative estimate of drug-likeness (QED) is 0.779. The van der Waals surface area contributed by atoms with Crippen LogP contribution in [0.15, 0.2) is 53.5 Å². The van der Waals surface area contributed by atoms with E-state index in [2.05, 4.69) is 15.6 Å². The van der Waals surface area contributed by atoms with Crippen LogP contribution in [0.1, 0.15) is 11.1 Å². The Morgan fingerprint density at radius 1 is 1.24 bits per heavy atom. The Balaban J connectivity index is 1.54.